The average Bonchev–Trinajstić information content (AvgIpc) is 2.84. The minimum atomic E-state index is -0.469. The summed E-state index contributed by atoms with van der Waals surface area (Å²) in [7, 11) is 1.57. The van der Waals surface area contributed by atoms with Gasteiger partial charge in [-0.1, -0.05) is 66.7 Å². The van der Waals surface area contributed by atoms with E-state index >= 15 is 0 Å². The maximum atomic E-state index is 13.5. The fourth-order valence-corrected chi connectivity index (χ4v) is 4.19. The van der Waals surface area contributed by atoms with E-state index in [0.717, 1.165) is 28.1 Å². The Morgan fingerprint density at radius 2 is 1.55 bits per heavy atom. The van der Waals surface area contributed by atoms with E-state index in [1.165, 1.54) is 0 Å². The SMILES string of the molecule is [C-]#[N+]C1=C(C)NC(C)=C(C(=O)Nc2ccccc2OC)C1c1ccc(-c2ccccc2)cc1. The van der Waals surface area contributed by atoms with Crippen molar-refractivity contribution in [2.45, 2.75) is 19.8 Å². The minimum absolute atomic E-state index is 0.268. The molecule has 1 unspecified atom stereocenters. The van der Waals surface area contributed by atoms with Gasteiger partial charge in [0.05, 0.1) is 25.3 Å². The predicted molar refractivity (Wildman–Crippen MR) is 131 cm³/mol. The number of rotatable bonds is 5. The van der Waals surface area contributed by atoms with Crippen molar-refractivity contribution >= 4 is 11.6 Å². The second-order valence-electron chi connectivity index (χ2n) is 7.86. The lowest BCUT2D eigenvalue weighted by atomic mass is 9.83. The Balaban J connectivity index is 1.73. The average molecular weight is 436 g/mol. The lowest BCUT2D eigenvalue weighted by molar-refractivity contribution is -0.113. The van der Waals surface area contributed by atoms with Crippen LogP contribution in [0.2, 0.25) is 0 Å². The number of anilines is 1. The number of nitrogens with one attached hydrogen (secondary N) is 2. The van der Waals surface area contributed by atoms with Gasteiger partial charge >= 0.3 is 0 Å². The number of allylic oxidation sites excluding steroid dienone is 3. The van der Waals surface area contributed by atoms with Gasteiger partial charge < -0.3 is 15.4 Å². The summed E-state index contributed by atoms with van der Waals surface area (Å²) in [4.78, 5) is 17.3. The monoisotopic (exact) mass is 435 g/mol. The number of ether oxygens (including phenoxy) is 1. The summed E-state index contributed by atoms with van der Waals surface area (Å²) in [5.41, 5.74) is 6.19. The van der Waals surface area contributed by atoms with E-state index in [9.17, 15) is 4.79 Å². The molecule has 33 heavy (non-hydrogen) atoms. The van der Waals surface area contributed by atoms with Crippen LogP contribution in [0.15, 0.2) is 102 Å². The van der Waals surface area contributed by atoms with Gasteiger partial charge in [-0.05, 0) is 42.7 Å². The molecule has 164 valence electrons. The van der Waals surface area contributed by atoms with Crippen LogP contribution in [0.4, 0.5) is 5.69 Å². The van der Waals surface area contributed by atoms with E-state index in [1.54, 1.807) is 19.2 Å². The molecular formula is C28H25N3O2. The standard InChI is InChI=1S/C28H25N3O2/c1-18-25(28(32)31-23-12-8-9-13-24(23)33-4)26(27(29-3)19(2)30-18)22-16-14-21(15-17-22)20-10-6-5-7-11-20/h5-17,26,30H,1-2,4H3,(H,31,32). The summed E-state index contributed by atoms with van der Waals surface area (Å²) in [5.74, 6) is -0.160. The number of amides is 1. The van der Waals surface area contributed by atoms with Crippen molar-refractivity contribution in [2.24, 2.45) is 0 Å². The quantitative estimate of drug-likeness (QED) is 0.475. The summed E-state index contributed by atoms with van der Waals surface area (Å²) in [6.07, 6.45) is 0. The third-order valence-electron chi connectivity index (χ3n) is 5.80. The number of hydrogen-bond donors (Lipinski definition) is 2. The normalized spacial score (nSPS) is 15.5. The lowest BCUT2D eigenvalue weighted by Gasteiger charge is -2.29. The molecule has 0 saturated carbocycles. The van der Waals surface area contributed by atoms with E-state index in [4.69, 9.17) is 11.3 Å². The molecule has 1 aliphatic rings. The number of hydrogen-bond acceptors (Lipinski definition) is 3. The minimum Gasteiger partial charge on any atom is -0.495 e. The number of methoxy groups -OCH3 is 1. The van der Waals surface area contributed by atoms with Gasteiger partial charge in [-0.15, -0.1) is 0 Å². The first-order valence-electron chi connectivity index (χ1n) is 10.7. The Hall–Kier alpha value is -4.30. The molecule has 0 saturated heterocycles. The fraction of sp³-hybridized carbons (Fsp3) is 0.143. The number of carbonyl (C=O) groups excluding carboxylic acids is 1. The Bertz CT molecular complexity index is 1280. The molecule has 0 bridgehead atoms. The molecule has 0 radical (unpaired) electrons. The van der Waals surface area contributed by atoms with Gasteiger partial charge in [0.15, 0.2) is 5.70 Å². The molecule has 2 N–H and O–H groups in total. The molecule has 0 aromatic heterocycles. The molecule has 1 amide bonds. The summed E-state index contributed by atoms with van der Waals surface area (Å²) in [6.45, 7) is 11.6. The van der Waals surface area contributed by atoms with E-state index in [1.807, 2.05) is 68.4 Å². The molecule has 0 fully saturated rings. The van der Waals surface area contributed by atoms with Crippen LogP contribution in [0.3, 0.4) is 0 Å². The lowest BCUT2D eigenvalue weighted by Crippen LogP contribution is -2.30. The number of carbonyl (C=O) groups is 1. The molecule has 1 aliphatic heterocycles. The summed E-state index contributed by atoms with van der Waals surface area (Å²) in [5, 5.41) is 6.19. The molecule has 0 aliphatic carbocycles. The van der Waals surface area contributed by atoms with E-state index in [2.05, 4.69) is 27.6 Å². The van der Waals surface area contributed by atoms with Crippen molar-refractivity contribution in [1.82, 2.24) is 5.32 Å². The van der Waals surface area contributed by atoms with E-state index in [-0.39, 0.29) is 5.91 Å². The number of benzene rings is 3. The largest absolute Gasteiger partial charge is 0.495 e. The van der Waals surface area contributed by atoms with Crippen LogP contribution in [0.1, 0.15) is 25.3 Å². The van der Waals surface area contributed by atoms with Crippen molar-refractivity contribution in [2.75, 3.05) is 12.4 Å². The van der Waals surface area contributed by atoms with E-state index < -0.39 is 5.92 Å². The van der Waals surface area contributed by atoms with Gasteiger partial charge in [0.1, 0.15) is 5.75 Å². The van der Waals surface area contributed by atoms with Gasteiger partial charge in [0.25, 0.3) is 5.91 Å². The molecule has 3 aromatic rings. The number of nitrogens with zero attached hydrogens (tertiary/aromatic N) is 1. The fourth-order valence-electron chi connectivity index (χ4n) is 4.19. The van der Waals surface area contributed by atoms with Crippen molar-refractivity contribution in [1.29, 1.82) is 0 Å². The molecule has 1 atom stereocenters. The third-order valence-corrected chi connectivity index (χ3v) is 5.80. The van der Waals surface area contributed by atoms with Gasteiger partial charge in [0, 0.05) is 17.0 Å². The number of dihydropyridines is 1. The highest BCUT2D eigenvalue weighted by Crippen LogP contribution is 2.40. The number of para-hydroxylation sites is 2. The van der Waals surface area contributed by atoms with Crippen LogP contribution in [-0.2, 0) is 4.79 Å². The zero-order valence-electron chi connectivity index (χ0n) is 18.8. The summed E-state index contributed by atoms with van der Waals surface area (Å²) < 4.78 is 5.38. The predicted octanol–water partition coefficient (Wildman–Crippen LogP) is 6.11. The van der Waals surface area contributed by atoms with Crippen LogP contribution >= 0.6 is 0 Å². The molecule has 4 rings (SSSR count). The smallest absolute Gasteiger partial charge is 0.253 e. The first-order chi connectivity index (χ1) is 16.0. The second kappa shape index (κ2) is 9.46. The van der Waals surface area contributed by atoms with Crippen molar-refractivity contribution < 1.29 is 9.53 Å². The van der Waals surface area contributed by atoms with Gasteiger partial charge in [0.2, 0.25) is 0 Å². The topological polar surface area (TPSA) is 54.7 Å². The molecule has 5 nitrogen and oxygen atoms in total. The highest BCUT2D eigenvalue weighted by Gasteiger charge is 2.34. The highest BCUT2D eigenvalue weighted by atomic mass is 16.5. The molecule has 1 heterocycles. The zero-order chi connectivity index (χ0) is 23.4. The Labute approximate surface area is 194 Å². The van der Waals surface area contributed by atoms with Gasteiger partial charge in [-0.3, -0.25) is 4.79 Å². The zero-order valence-corrected chi connectivity index (χ0v) is 18.8. The van der Waals surface area contributed by atoms with Crippen LogP contribution in [-0.4, -0.2) is 13.0 Å². The third kappa shape index (κ3) is 4.37. The molecule has 0 spiro atoms. The Morgan fingerprint density at radius 1 is 0.909 bits per heavy atom. The second-order valence-corrected chi connectivity index (χ2v) is 7.86. The van der Waals surface area contributed by atoms with E-state index in [0.29, 0.717) is 22.7 Å². The van der Waals surface area contributed by atoms with Gasteiger partial charge in [-0.25, -0.2) is 4.85 Å². The van der Waals surface area contributed by atoms with Crippen LogP contribution in [0.25, 0.3) is 16.0 Å². The molecule has 3 aromatic carbocycles. The molecular weight excluding hydrogens is 410 g/mol. The maximum absolute atomic E-state index is 13.5. The first kappa shape index (κ1) is 21.9. The maximum Gasteiger partial charge on any atom is 0.253 e. The Kier molecular flexibility index (Phi) is 6.28. The van der Waals surface area contributed by atoms with Gasteiger partial charge in [-0.2, -0.15) is 0 Å². The van der Waals surface area contributed by atoms with Crippen LogP contribution < -0.4 is 15.4 Å². The molecule has 5 heteroatoms. The highest BCUT2D eigenvalue weighted by molar-refractivity contribution is 6.07. The Morgan fingerprint density at radius 3 is 2.21 bits per heavy atom. The van der Waals surface area contributed by atoms with Crippen LogP contribution in [0, 0.1) is 6.57 Å². The van der Waals surface area contributed by atoms with Crippen molar-refractivity contribution in [3.05, 3.63) is 119 Å². The summed E-state index contributed by atoms with van der Waals surface area (Å²) in [6, 6.07) is 25.5. The summed E-state index contributed by atoms with van der Waals surface area (Å²) >= 11 is 0. The first-order valence-corrected chi connectivity index (χ1v) is 10.7. The van der Waals surface area contributed by atoms with Crippen molar-refractivity contribution in [3.8, 4) is 16.9 Å². The van der Waals surface area contributed by atoms with Crippen LogP contribution in [0.5, 0.6) is 5.75 Å². The van der Waals surface area contributed by atoms with Crippen molar-refractivity contribution in [3.63, 3.8) is 0 Å².